The maximum atomic E-state index is 12.4. The second-order valence-electron chi connectivity index (χ2n) is 10.7. The lowest BCUT2D eigenvalue weighted by Crippen LogP contribution is -2.19. The number of aryl methyl sites for hydroxylation is 2. The summed E-state index contributed by atoms with van der Waals surface area (Å²) in [4.78, 5) is 31.3. The van der Waals surface area contributed by atoms with Crippen molar-refractivity contribution in [1.29, 1.82) is 0 Å². The van der Waals surface area contributed by atoms with Crippen molar-refractivity contribution >= 4 is 63.7 Å². The smallest absolute Gasteiger partial charge is 0.254 e. The van der Waals surface area contributed by atoms with E-state index in [1.165, 1.54) is 25.4 Å². The molecule has 5 N–H and O–H groups in total. The largest absolute Gasteiger partial charge is 0.494 e. The standard InChI is InChI=1S/C18H18ClN5O2.C11H13N3O.C7H6Cl2N2O/c1-20-18(25)13-9-21-16(19)7-15(13)23-14-6-4-5-12(17(14)26-3)11-8-22-24(2)10-11;1-14-7-8(6-13-14)9-4-3-5-10(12)11(9)15-2;1-10-7(12)4-3-11-6(9)2-5(4)8/h4-10H,1-3H3,(H,20,25)(H,21,23);3-7H,12H2,1-2H3;2-3H,1H3,(H,10,12)/i1D3;;1D3. The number of benzene rings is 2. The third-order valence-corrected chi connectivity index (χ3v) is 7.90. The summed E-state index contributed by atoms with van der Waals surface area (Å²) in [7, 11) is 6.84. The van der Waals surface area contributed by atoms with E-state index in [0.717, 1.165) is 28.5 Å². The molecule has 0 aliphatic rings. The van der Waals surface area contributed by atoms with Crippen LogP contribution in [0.15, 0.2) is 85.7 Å². The van der Waals surface area contributed by atoms with Crippen LogP contribution in [-0.4, -0.2) is 69.5 Å². The Kier molecular flexibility index (Phi) is 11.2. The Labute approximate surface area is 329 Å². The van der Waals surface area contributed by atoms with Crippen molar-refractivity contribution < 1.29 is 27.3 Å². The minimum atomic E-state index is -2.63. The van der Waals surface area contributed by atoms with Gasteiger partial charge in [-0.25, -0.2) is 9.97 Å². The lowest BCUT2D eigenvalue weighted by atomic mass is 10.1. The minimum Gasteiger partial charge on any atom is -0.494 e. The van der Waals surface area contributed by atoms with Crippen LogP contribution in [-0.2, 0) is 14.1 Å². The van der Waals surface area contributed by atoms with Crippen LogP contribution in [0, 0.1) is 0 Å². The molecular formula is C36H37Cl3N10O4. The fraction of sp³-hybridized carbons (Fsp3) is 0.167. The van der Waals surface area contributed by atoms with Gasteiger partial charge in [-0.05, 0) is 24.3 Å². The predicted octanol–water partition coefficient (Wildman–Crippen LogP) is 6.67. The number of nitrogens with two attached hydrogens (primary N) is 1. The maximum absolute atomic E-state index is 12.4. The van der Waals surface area contributed by atoms with E-state index in [9.17, 15) is 9.59 Å². The molecule has 276 valence electrons. The Morgan fingerprint density at radius 1 is 0.736 bits per heavy atom. The molecule has 53 heavy (non-hydrogen) atoms. The van der Waals surface area contributed by atoms with E-state index in [1.807, 2.05) is 62.1 Å². The first-order chi connectivity index (χ1) is 27.7. The SMILES string of the molecule is COc1c(N)cccc1-c1cnn(C)c1.[2H]C([2H])([2H])NC(=O)c1cnc(Cl)cc1Cl.[2H]C([2H])([2H])NC(=O)c1cnc(Cl)cc1Nc1cccc(-c2cnn(C)c2)c1OC. The molecule has 2 amide bonds. The number of halogens is 3. The number of carbonyl (C=O) groups is 2. The van der Waals surface area contributed by atoms with Gasteiger partial charge in [-0.3, -0.25) is 19.0 Å². The first-order valence-corrected chi connectivity index (χ1v) is 16.3. The Hall–Kier alpha value is -5.83. The Bertz CT molecular complexity index is 2430. The van der Waals surface area contributed by atoms with Crippen LogP contribution in [0.1, 0.15) is 28.9 Å². The van der Waals surface area contributed by atoms with Crippen molar-refractivity contribution in [3.05, 3.63) is 112 Å². The first kappa shape index (κ1) is 31.9. The topological polar surface area (TPSA) is 176 Å². The molecule has 0 aliphatic heterocycles. The van der Waals surface area contributed by atoms with Crippen LogP contribution in [0.3, 0.4) is 0 Å². The van der Waals surface area contributed by atoms with Gasteiger partial charge in [-0.15, -0.1) is 0 Å². The van der Waals surface area contributed by atoms with Crippen molar-refractivity contribution in [2.75, 3.05) is 39.2 Å². The van der Waals surface area contributed by atoms with Gasteiger partial charge in [0.2, 0.25) is 0 Å². The molecule has 6 aromatic rings. The summed E-state index contributed by atoms with van der Waals surface area (Å²) in [5, 5.41) is 15.4. The van der Waals surface area contributed by atoms with Crippen molar-refractivity contribution in [1.82, 2.24) is 40.2 Å². The van der Waals surface area contributed by atoms with Crippen LogP contribution in [0.5, 0.6) is 11.5 Å². The number of hydrogen-bond acceptors (Lipinski definition) is 10. The number of pyridine rings is 2. The summed E-state index contributed by atoms with van der Waals surface area (Å²) in [5.74, 6) is -0.399. The Balaban J connectivity index is 0.000000215. The van der Waals surface area contributed by atoms with Gasteiger partial charge in [0.05, 0.1) is 59.8 Å². The Morgan fingerprint density at radius 3 is 1.79 bits per heavy atom. The molecule has 4 heterocycles. The van der Waals surface area contributed by atoms with Gasteiger partial charge in [0.15, 0.2) is 0 Å². The molecule has 14 nitrogen and oxygen atoms in total. The van der Waals surface area contributed by atoms with Gasteiger partial charge in [-0.2, -0.15) is 10.2 Å². The summed E-state index contributed by atoms with van der Waals surface area (Å²) >= 11 is 17.2. The number of nitrogens with zero attached hydrogens (tertiary/aromatic N) is 6. The average molecular weight is 786 g/mol. The van der Waals surface area contributed by atoms with E-state index in [-0.39, 0.29) is 32.1 Å². The highest BCUT2D eigenvalue weighted by Gasteiger charge is 2.17. The number of hydrogen-bond donors (Lipinski definition) is 4. The van der Waals surface area contributed by atoms with E-state index >= 15 is 0 Å². The molecule has 0 radical (unpaired) electrons. The highest BCUT2D eigenvalue weighted by atomic mass is 35.5. The summed E-state index contributed by atoms with van der Waals surface area (Å²) < 4.78 is 56.5. The molecule has 17 heteroatoms. The molecule has 0 saturated heterocycles. The molecule has 0 spiro atoms. The molecule has 0 fully saturated rings. The van der Waals surface area contributed by atoms with Gasteiger partial charge in [0, 0.05) is 83.3 Å². The van der Waals surface area contributed by atoms with Gasteiger partial charge >= 0.3 is 0 Å². The number of anilines is 3. The van der Waals surface area contributed by atoms with Crippen LogP contribution in [0.2, 0.25) is 15.3 Å². The van der Waals surface area contributed by atoms with Crippen LogP contribution < -0.4 is 31.2 Å². The number of aromatic nitrogens is 6. The van der Waals surface area contributed by atoms with E-state index in [2.05, 4.69) is 25.5 Å². The van der Waals surface area contributed by atoms with Crippen LogP contribution in [0.25, 0.3) is 22.3 Å². The highest BCUT2D eigenvalue weighted by Crippen LogP contribution is 2.38. The summed E-state index contributed by atoms with van der Waals surface area (Å²) in [6, 6.07) is 13.8. The molecule has 0 aliphatic carbocycles. The number of rotatable bonds is 8. The zero-order chi connectivity index (χ0) is 43.7. The number of methoxy groups -OCH3 is 2. The second-order valence-corrected chi connectivity index (χ2v) is 11.9. The van der Waals surface area contributed by atoms with Crippen LogP contribution >= 0.6 is 34.8 Å². The van der Waals surface area contributed by atoms with Crippen molar-refractivity contribution in [3.8, 4) is 33.8 Å². The first-order valence-electron chi connectivity index (χ1n) is 18.2. The molecule has 0 saturated carbocycles. The molecular weight excluding hydrogens is 743 g/mol. The fourth-order valence-electron chi connectivity index (χ4n) is 4.78. The lowest BCUT2D eigenvalue weighted by Gasteiger charge is -2.16. The molecule has 4 aromatic heterocycles. The third kappa shape index (κ3) is 10.2. The number of carbonyl (C=O) groups excluding carboxylic acids is 2. The van der Waals surface area contributed by atoms with Gasteiger partial charge in [-0.1, -0.05) is 59.1 Å². The quantitative estimate of drug-likeness (QED) is 0.0963. The number of amides is 2. The summed E-state index contributed by atoms with van der Waals surface area (Å²) in [6.07, 6.45) is 9.60. The zero-order valence-electron chi connectivity index (χ0n) is 34.6. The fourth-order valence-corrected chi connectivity index (χ4v) is 5.39. The monoisotopic (exact) mass is 784 g/mol. The average Bonchev–Trinajstić information content (AvgIpc) is 3.78. The molecule has 0 bridgehead atoms. The van der Waals surface area contributed by atoms with E-state index in [0.29, 0.717) is 22.9 Å². The van der Waals surface area contributed by atoms with Gasteiger partial charge in [0.1, 0.15) is 21.8 Å². The van der Waals surface area contributed by atoms with Gasteiger partial charge in [0.25, 0.3) is 11.8 Å². The van der Waals surface area contributed by atoms with E-state index < -0.39 is 25.8 Å². The minimum absolute atomic E-state index is 0.0272. The van der Waals surface area contributed by atoms with E-state index in [1.54, 1.807) is 40.3 Å². The predicted molar refractivity (Wildman–Crippen MR) is 208 cm³/mol. The summed E-state index contributed by atoms with van der Waals surface area (Å²) in [6.45, 7) is -5.19. The number of para-hydroxylation sites is 2. The Morgan fingerprint density at radius 2 is 1.26 bits per heavy atom. The number of ether oxygens (including phenoxy) is 2. The third-order valence-electron chi connectivity index (χ3n) is 7.18. The second kappa shape index (κ2) is 18.6. The molecule has 2 aromatic carbocycles. The van der Waals surface area contributed by atoms with Crippen molar-refractivity contribution in [3.63, 3.8) is 0 Å². The zero-order valence-corrected chi connectivity index (χ0v) is 30.9. The maximum Gasteiger partial charge on any atom is 0.254 e. The van der Waals surface area contributed by atoms with Gasteiger partial charge < -0.3 is 31.2 Å². The normalized spacial score (nSPS) is 12.4. The highest BCUT2D eigenvalue weighted by molar-refractivity contribution is 6.36. The van der Waals surface area contributed by atoms with Crippen molar-refractivity contribution in [2.24, 2.45) is 14.1 Å². The molecule has 0 atom stereocenters. The lowest BCUT2D eigenvalue weighted by molar-refractivity contribution is 0.0955. The van der Waals surface area contributed by atoms with E-state index in [4.69, 9.17) is 58.2 Å². The molecule has 0 unspecified atom stereocenters. The van der Waals surface area contributed by atoms with Crippen molar-refractivity contribution in [2.45, 2.75) is 0 Å². The summed E-state index contributed by atoms with van der Waals surface area (Å²) in [5.41, 5.74) is 10.9. The number of nitrogen functional groups attached to an aromatic ring is 1. The number of nitrogens with one attached hydrogen (secondary N) is 3. The van der Waals surface area contributed by atoms with Crippen LogP contribution in [0.4, 0.5) is 17.1 Å². The molecule has 6 rings (SSSR count).